The molecule has 0 atom stereocenters. The van der Waals surface area contributed by atoms with Gasteiger partial charge in [-0.2, -0.15) is 0 Å². The molecule has 0 N–H and O–H groups in total. The normalized spacial score (nSPS) is 10.5. The summed E-state index contributed by atoms with van der Waals surface area (Å²) in [5.41, 5.74) is 1.91. The van der Waals surface area contributed by atoms with Gasteiger partial charge in [-0.1, -0.05) is 18.2 Å². The Labute approximate surface area is 128 Å². The van der Waals surface area contributed by atoms with E-state index in [1.54, 1.807) is 38.6 Å². The predicted octanol–water partition coefficient (Wildman–Crippen LogP) is 3.48. The average Bonchev–Trinajstić information content (AvgIpc) is 2.60. The van der Waals surface area contributed by atoms with E-state index >= 15 is 0 Å². The highest BCUT2D eigenvalue weighted by molar-refractivity contribution is 6.10. The number of carbonyl (C=O) groups is 1. The molecule has 1 aromatic heterocycles. The number of ketones is 1. The molecule has 0 saturated carbocycles. The van der Waals surface area contributed by atoms with Gasteiger partial charge in [0.2, 0.25) is 0 Å². The van der Waals surface area contributed by atoms with Crippen molar-refractivity contribution in [1.29, 1.82) is 0 Å². The molecular weight excluding hydrogens is 278 g/mol. The molecule has 0 aliphatic heterocycles. The minimum absolute atomic E-state index is 0.115. The number of fused-ring (bicyclic) bond motifs is 1. The Balaban J connectivity index is 2.05. The van der Waals surface area contributed by atoms with Gasteiger partial charge in [0.25, 0.3) is 0 Å². The number of pyridine rings is 1. The fourth-order valence-corrected chi connectivity index (χ4v) is 2.30. The fraction of sp³-hybridized carbons (Fsp3) is 0.111. The summed E-state index contributed by atoms with van der Waals surface area (Å²) in [6, 6.07) is 14.7. The van der Waals surface area contributed by atoms with Crippen LogP contribution in [-0.2, 0) is 0 Å². The van der Waals surface area contributed by atoms with Crippen molar-refractivity contribution < 1.29 is 14.3 Å². The Morgan fingerprint density at radius 1 is 0.909 bits per heavy atom. The van der Waals surface area contributed by atoms with E-state index in [1.165, 1.54) is 0 Å². The monoisotopic (exact) mass is 293 g/mol. The van der Waals surface area contributed by atoms with Crippen LogP contribution in [0.15, 0.2) is 54.7 Å². The molecule has 0 bridgehead atoms. The minimum Gasteiger partial charge on any atom is -0.497 e. The molecule has 0 amide bonds. The van der Waals surface area contributed by atoms with Crippen LogP contribution in [0.2, 0.25) is 0 Å². The Morgan fingerprint density at radius 2 is 1.59 bits per heavy atom. The largest absolute Gasteiger partial charge is 0.497 e. The van der Waals surface area contributed by atoms with Crippen molar-refractivity contribution in [2.75, 3.05) is 14.2 Å². The smallest absolute Gasteiger partial charge is 0.194 e. The summed E-state index contributed by atoms with van der Waals surface area (Å²) in [4.78, 5) is 17.0. The summed E-state index contributed by atoms with van der Waals surface area (Å²) in [5, 5.41) is 0.934. The van der Waals surface area contributed by atoms with E-state index in [1.807, 2.05) is 30.3 Å². The maximum atomic E-state index is 12.7. The molecule has 3 aromatic rings. The molecule has 0 fully saturated rings. The van der Waals surface area contributed by atoms with Gasteiger partial charge in [-0.3, -0.25) is 9.78 Å². The predicted molar refractivity (Wildman–Crippen MR) is 84.7 cm³/mol. The number of hydrogen-bond acceptors (Lipinski definition) is 4. The van der Waals surface area contributed by atoms with E-state index in [2.05, 4.69) is 4.98 Å². The number of rotatable bonds is 4. The first-order valence-corrected chi connectivity index (χ1v) is 6.84. The van der Waals surface area contributed by atoms with Gasteiger partial charge < -0.3 is 9.47 Å². The van der Waals surface area contributed by atoms with E-state index in [-0.39, 0.29) is 5.78 Å². The lowest BCUT2D eigenvalue weighted by molar-refractivity contribution is 0.103. The van der Waals surface area contributed by atoms with Crippen LogP contribution in [0, 0.1) is 0 Å². The van der Waals surface area contributed by atoms with Gasteiger partial charge in [0.05, 0.1) is 19.7 Å². The molecule has 0 unspecified atom stereocenters. The Bertz CT molecular complexity index is 820. The lowest BCUT2D eigenvalue weighted by Gasteiger charge is -2.08. The van der Waals surface area contributed by atoms with Crippen LogP contribution in [0.1, 0.15) is 15.9 Å². The maximum Gasteiger partial charge on any atom is 0.194 e. The number of nitrogens with zero attached hydrogens (tertiary/aromatic N) is 1. The van der Waals surface area contributed by atoms with Crippen LogP contribution in [0.4, 0.5) is 0 Å². The third-order valence-electron chi connectivity index (χ3n) is 3.47. The number of hydrogen-bond donors (Lipinski definition) is 0. The second kappa shape index (κ2) is 5.85. The maximum absolute atomic E-state index is 12.7. The lowest BCUT2D eigenvalue weighted by atomic mass is 10.0. The van der Waals surface area contributed by atoms with Crippen molar-refractivity contribution in [3.63, 3.8) is 0 Å². The van der Waals surface area contributed by atoms with Crippen LogP contribution in [0.25, 0.3) is 10.9 Å². The van der Waals surface area contributed by atoms with Gasteiger partial charge >= 0.3 is 0 Å². The topological polar surface area (TPSA) is 48.4 Å². The molecular formula is C18H15NO3. The summed E-state index contributed by atoms with van der Waals surface area (Å²) < 4.78 is 10.4. The molecule has 0 aliphatic carbocycles. The molecule has 2 aromatic carbocycles. The van der Waals surface area contributed by atoms with E-state index in [9.17, 15) is 4.79 Å². The van der Waals surface area contributed by atoms with Gasteiger partial charge in [0, 0.05) is 28.8 Å². The zero-order chi connectivity index (χ0) is 15.5. The quantitative estimate of drug-likeness (QED) is 0.691. The van der Waals surface area contributed by atoms with E-state index in [4.69, 9.17) is 9.47 Å². The van der Waals surface area contributed by atoms with Gasteiger partial charge in [-0.15, -0.1) is 0 Å². The lowest BCUT2D eigenvalue weighted by Crippen LogP contribution is -2.03. The molecule has 3 rings (SSSR count). The fourth-order valence-electron chi connectivity index (χ4n) is 2.30. The van der Waals surface area contributed by atoms with Gasteiger partial charge in [0.1, 0.15) is 11.5 Å². The summed E-state index contributed by atoms with van der Waals surface area (Å²) >= 11 is 0. The molecule has 4 nitrogen and oxygen atoms in total. The van der Waals surface area contributed by atoms with E-state index in [0.717, 1.165) is 10.9 Å². The summed E-state index contributed by atoms with van der Waals surface area (Å²) in [6.45, 7) is 0. The number of aromatic nitrogens is 1. The summed E-state index contributed by atoms with van der Waals surface area (Å²) in [7, 11) is 3.11. The van der Waals surface area contributed by atoms with Crippen molar-refractivity contribution in [1.82, 2.24) is 4.98 Å². The number of ether oxygens (including phenoxy) is 2. The van der Waals surface area contributed by atoms with Crippen molar-refractivity contribution in [3.05, 3.63) is 65.9 Å². The number of methoxy groups -OCH3 is 2. The van der Waals surface area contributed by atoms with Gasteiger partial charge in [-0.25, -0.2) is 0 Å². The Kier molecular flexibility index (Phi) is 3.74. The zero-order valence-corrected chi connectivity index (χ0v) is 12.4. The molecule has 1 heterocycles. The van der Waals surface area contributed by atoms with Crippen LogP contribution in [0.5, 0.6) is 11.5 Å². The molecule has 0 radical (unpaired) electrons. The third kappa shape index (κ3) is 2.63. The van der Waals surface area contributed by atoms with Gasteiger partial charge in [-0.05, 0) is 24.3 Å². The van der Waals surface area contributed by atoms with Crippen molar-refractivity contribution in [2.45, 2.75) is 0 Å². The number of benzene rings is 2. The molecule has 0 aliphatic rings. The van der Waals surface area contributed by atoms with Crippen molar-refractivity contribution in [3.8, 4) is 11.5 Å². The first-order chi connectivity index (χ1) is 10.7. The Morgan fingerprint density at radius 3 is 2.27 bits per heavy atom. The van der Waals surface area contributed by atoms with Crippen LogP contribution in [0.3, 0.4) is 0 Å². The molecule has 110 valence electrons. The van der Waals surface area contributed by atoms with E-state index in [0.29, 0.717) is 22.6 Å². The Hall–Kier alpha value is -2.88. The minimum atomic E-state index is -0.115. The van der Waals surface area contributed by atoms with Crippen molar-refractivity contribution in [2.24, 2.45) is 0 Å². The molecule has 4 heteroatoms. The summed E-state index contributed by atoms with van der Waals surface area (Å²) in [5.74, 6) is 1.04. The van der Waals surface area contributed by atoms with Gasteiger partial charge in [0.15, 0.2) is 5.78 Å². The second-order valence-electron chi connectivity index (χ2n) is 4.85. The summed E-state index contributed by atoms with van der Waals surface area (Å²) in [6.07, 6.45) is 1.59. The SMILES string of the molecule is COc1cc(OC)cc(C(=O)c2cnc3ccccc3c2)c1. The highest BCUT2D eigenvalue weighted by Crippen LogP contribution is 2.25. The zero-order valence-electron chi connectivity index (χ0n) is 12.4. The highest BCUT2D eigenvalue weighted by atomic mass is 16.5. The molecule has 0 saturated heterocycles. The first kappa shape index (κ1) is 14.1. The average molecular weight is 293 g/mol. The molecule has 0 spiro atoms. The molecule has 22 heavy (non-hydrogen) atoms. The highest BCUT2D eigenvalue weighted by Gasteiger charge is 2.13. The van der Waals surface area contributed by atoms with Crippen molar-refractivity contribution >= 4 is 16.7 Å². The van der Waals surface area contributed by atoms with Crippen LogP contribution in [-0.4, -0.2) is 25.0 Å². The number of para-hydroxylation sites is 1. The second-order valence-corrected chi connectivity index (χ2v) is 4.85. The third-order valence-corrected chi connectivity index (χ3v) is 3.47. The first-order valence-electron chi connectivity index (χ1n) is 6.84. The van der Waals surface area contributed by atoms with E-state index < -0.39 is 0 Å². The van der Waals surface area contributed by atoms with Crippen LogP contribution < -0.4 is 9.47 Å². The number of carbonyl (C=O) groups excluding carboxylic acids is 1. The van der Waals surface area contributed by atoms with Crippen LogP contribution >= 0.6 is 0 Å². The standard InChI is InChI=1S/C18H15NO3/c1-21-15-8-13(9-16(10-15)22-2)18(20)14-7-12-5-3-4-6-17(12)19-11-14/h3-11H,1-2H3.